The fourth-order valence-electron chi connectivity index (χ4n) is 5.83. The van der Waals surface area contributed by atoms with E-state index in [1.807, 2.05) is 24.3 Å². The molecule has 2 amide bonds. The van der Waals surface area contributed by atoms with Crippen molar-refractivity contribution in [2.24, 2.45) is 0 Å². The molecule has 6 heteroatoms. The van der Waals surface area contributed by atoms with Crippen LogP contribution in [0.25, 0.3) is 0 Å². The van der Waals surface area contributed by atoms with E-state index in [9.17, 15) is 9.59 Å². The van der Waals surface area contributed by atoms with Gasteiger partial charge in [0, 0.05) is 38.7 Å². The number of piperidine rings is 1. The first-order chi connectivity index (χ1) is 15.0. The molecule has 0 N–H and O–H groups in total. The number of carbonyl (C=O) groups is 2. The maximum atomic E-state index is 13.5. The standard InChI is InChI=1S/C25H34N2O4/c1-18(28)27(20-5-6-20)21-9-16-31-24(17-21)12-14-26(15-13-24)23(29)25(10-11-25)19-3-7-22(30-2)8-4-19/h3-4,7-8,20-21H,5-6,9-17H2,1-2H3. The van der Waals surface area contributed by atoms with Gasteiger partial charge in [-0.1, -0.05) is 12.1 Å². The molecule has 31 heavy (non-hydrogen) atoms. The zero-order valence-corrected chi connectivity index (χ0v) is 18.8. The minimum absolute atomic E-state index is 0.181. The molecule has 0 bridgehead atoms. The molecule has 6 nitrogen and oxygen atoms in total. The Morgan fingerprint density at radius 3 is 2.26 bits per heavy atom. The Balaban J connectivity index is 1.23. The van der Waals surface area contributed by atoms with E-state index in [-0.39, 0.29) is 28.9 Å². The second-order valence-electron chi connectivity index (χ2n) is 9.94. The van der Waals surface area contributed by atoms with Gasteiger partial charge in [-0.3, -0.25) is 9.59 Å². The lowest BCUT2D eigenvalue weighted by atomic mass is 9.81. The van der Waals surface area contributed by atoms with Gasteiger partial charge < -0.3 is 19.3 Å². The van der Waals surface area contributed by atoms with Crippen molar-refractivity contribution in [1.82, 2.24) is 9.80 Å². The van der Waals surface area contributed by atoms with Crippen LogP contribution >= 0.6 is 0 Å². The molecule has 0 aromatic heterocycles. The zero-order chi connectivity index (χ0) is 21.6. The van der Waals surface area contributed by atoms with Gasteiger partial charge in [0.2, 0.25) is 11.8 Å². The van der Waals surface area contributed by atoms with Crippen LogP contribution in [0.3, 0.4) is 0 Å². The summed E-state index contributed by atoms with van der Waals surface area (Å²) in [5.41, 5.74) is 0.581. The van der Waals surface area contributed by atoms with Crippen molar-refractivity contribution in [3.05, 3.63) is 29.8 Å². The summed E-state index contributed by atoms with van der Waals surface area (Å²) in [6.07, 6.45) is 7.70. The monoisotopic (exact) mass is 426 g/mol. The number of hydrogen-bond donors (Lipinski definition) is 0. The van der Waals surface area contributed by atoms with Gasteiger partial charge in [0.25, 0.3) is 0 Å². The molecular weight excluding hydrogens is 392 g/mol. The smallest absolute Gasteiger partial charge is 0.233 e. The van der Waals surface area contributed by atoms with Gasteiger partial charge in [0.15, 0.2) is 0 Å². The molecule has 1 unspecified atom stereocenters. The minimum atomic E-state index is -0.343. The van der Waals surface area contributed by atoms with Crippen molar-refractivity contribution in [3.63, 3.8) is 0 Å². The average Bonchev–Trinajstić information content (AvgIpc) is 3.69. The number of methoxy groups -OCH3 is 1. The predicted octanol–water partition coefficient (Wildman–Crippen LogP) is 3.28. The summed E-state index contributed by atoms with van der Waals surface area (Å²) in [7, 11) is 1.66. The minimum Gasteiger partial charge on any atom is -0.497 e. The SMILES string of the molecule is COc1ccc(C2(C(=O)N3CCC4(CC3)CC(N(C(C)=O)C3CC3)CCO4)CC2)cc1. The van der Waals surface area contributed by atoms with Crippen LogP contribution in [0.1, 0.15) is 63.9 Å². The molecule has 2 heterocycles. The Hall–Kier alpha value is -2.08. The average molecular weight is 427 g/mol. The third kappa shape index (κ3) is 3.84. The highest BCUT2D eigenvalue weighted by Gasteiger charge is 2.54. The molecule has 168 valence electrons. The fraction of sp³-hybridized carbons (Fsp3) is 0.680. The number of likely N-dealkylation sites (tertiary alicyclic amines) is 1. The Morgan fingerprint density at radius 2 is 1.71 bits per heavy atom. The largest absolute Gasteiger partial charge is 0.497 e. The maximum absolute atomic E-state index is 13.5. The van der Waals surface area contributed by atoms with E-state index in [1.54, 1.807) is 14.0 Å². The molecule has 1 atom stereocenters. The van der Waals surface area contributed by atoms with E-state index in [0.717, 1.165) is 75.8 Å². The van der Waals surface area contributed by atoms with E-state index in [0.29, 0.717) is 12.6 Å². The quantitative estimate of drug-likeness (QED) is 0.725. The van der Waals surface area contributed by atoms with Gasteiger partial charge in [0.05, 0.1) is 18.1 Å². The second-order valence-corrected chi connectivity index (χ2v) is 9.94. The first-order valence-corrected chi connectivity index (χ1v) is 11.8. The van der Waals surface area contributed by atoms with Crippen LogP contribution in [-0.2, 0) is 19.7 Å². The van der Waals surface area contributed by atoms with E-state index in [2.05, 4.69) is 9.80 Å². The molecule has 2 aliphatic carbocycles. The molecule has 0 radical (unpaired) electrons. The number of carbonyl (C=O) groups excluding carboxylic acids is 2. The van der Waals surface area contributed by atoms with Crippen LogP contribution < -0.4 is 4.74 Å². The van der Waals surface area contributed by atoms with Crippen LogP contribution in [0, 0.1) is 0 Å². The molecular formula is C25H34N2O4. The topological polar surface area (TPSA) is 59.1 Å². The van der Waals surface area contributed by atoms with Crippen LogP contribution in [0.5, 0.6) is 5.75 Å². The van der Waals surface area contributed by atoms with Gasteiger partial charge in [0.1, 0.15) is 5.75 Å². The van der Waals surface area contributed by atoms with Gasteiger partial charge >= 0.3 is 0 Å². The maximum Gasteiger partial charge on any atom is 0.233 e. The summed E-state index contributed by atoms with van der Waals surface area (Å²) in [5.74, 6) is 1.29. The van der Waals surface area contributed by atoms with Gasteiger partial charge in [-0.2, -0.15) is 0 Å². The van der Waals surface area contributed by atoms with Crippen LogP contribution in [0.15, 0.2) is 24.3 Å². The van der Waals surface area contributed by atoms with E-state index >= 15 is 0 Å². The zero-order valence-electron chi connectivity index (χ0n) is 18.8. The highest BCUT2D eigenvalue weighted by molar-refractivity contribution is 5.91. The molecule has 2 saturated heterocycles. The fourth-order valence-corrected chi connectivity index (χ4v) is 5.83. The number of nitrogens with zero attached hydrogens (tertiary/aromatic N) is 2. The molecule has 4 aliphatic rings. The number of benzene rings is 1. The number of amides is 2. The Labute approximate surface area is 184 Å². The van der Waals surface area contributed by atoms with Crippen molar-refractivity contribution in [1.29, 1.82) is 0 Å². The first kappa shape index (κ1) is 20.8. The third-order valence-electron chi connectivity index (χ3n) is 7.93. The van der Waals surface area contributed by atoms with E-state index in [1.165, 1.54) is 0 Å². The lowest BCUT2D eigenvalue weighted by molar-refractivity contribution is -0.156. The summed E-state index contributed by atoms with van der Waals surface area (Å²) in [4.78, 5) is 29.9. The van der Waals surface area contributed by atoms with Gasteiger partial charge in [-0.15, -0.1) is 0 Å². The Morgan fingerprint density at radius 1 is 1.03 bits per heavy atom. The highest BCUT2D eigenvalue weighted by Crippen LogP contribution is 2.51. The molecule has 4 fully saturated rings. The van der Waals surface area contributed by atoms with E-state index < -0.39 is 0 Å². The molecule has 5 rings (SSSR count). The summed E-state index contributed by atoms with van der Waals surface area (Å²) in [6, 6.07) is 8.71. The first-order valence-electron chi connectivity index (χ1n) is 11.8. The third-order valence-corrected chi connectivity index (χ3v) is 7.93. The van der Waals surface area contributed by atoms with Crippen molar-refractivity contribution >= 4 is 11.8 Å². The number of rotatable bonds is 5. The van der Waals surface area contributed by atoms with Crippen molar-refractivity contribution in [3.8, 4) is 5.75 Å². The lowest BCUT2D eigenvalue weighted by Crippen LogP contribution is -2.56. The van der Waals surface area contributed by atoms with Gasteiger partial charge in [-0.05, 0) is 69.1 Å². The second kappa shape index (κ2) is 7.80. The van der Waals surface area contributed by atoms with Crippen LogP contribution in [0.4, 0.5) is 0 Å². The summed E-state index contributed by atoms with van der Waals surface area (Å²) in [6.45, 7) is 3.90. The summed E-state index contributed by atoms with van der Waals surface area (Å²) >= 11 is 0. The van der Waals surface area contributed by atoms with E-state index in [4.69, 9.17) is 9.47 Å². The molecule has 1 aromatic carbocycles. The predicted molar refractivity (Wildman–Crippen MR) is 117 cm³/mol. The molecule has 2 saturated carbocycles. The van der Waals surface area contributed by atoms with Crippen molar-refractivity contribution in [2.45, 2.75) is 81.4 Å². The summed E-state index contributed by atoms with van der Waals surface area (Å²) < 4.78 is 11.6. The van der Waals surface area contributed by atoms with Gasteiger partial charge in [-0.25, -0.2) is 0 Å². The molecule has 1 aromatic rings. The molecule has 2 aliphatic heterocycles. The summed E-state index contributed by atoms with van der Waals surface area (Å²) in [5, 5.41) is 0. The lowest BCUT2D eigenvalue weighted by Gasteiger charge is -2.48. The normalized spacial score (nSPS) is 26.4. The van der Waals surface area contributed by atoms with Crippen LogP contribution in [0.2, 0.25) is 0 Å². The Bertz CT molecular complexity index is 836. The molecule has 1 spiro atoms. The number of hydrogen-bond acceptors (Lipinski definition) is 4. The Kier molecular flexibility index (Phi) is 5.24. The number of ether oxygens (including phenoxy) is 2. The highest BCUT2D eigenvalue weighted by atomic mass is 16.5. The van der Waals surface area contributed by atoms with Crippen molar-refractivity contribution < 1.29 is 19.1 Å². The van der Waals surface area contributed by atoms with Crippen LogP contribution in [-0.4, -0.2) is 66.1 Å². The van der Waals surface area contributed by atoms with Crippen molar-refractivity contribution in [2.75, 3.05) is 26.8 Å².